The molecule has 0 aliphatic heterocycles. The number of nitrogens with one attached hydrogen (secondary N) is 2. The van der Waals surface area contributed by atoms with E-state index >= 15 is 0 Å². The van der Waals surface area contributed by atoms with Gasteiger partial charge in [0.25, 0.3) is 0 Å². The first kappa shape index (κ1) is 17.7. The molecule has 3 aromatic rings. The lowest BCUT2D eigenvalue weighted by Crippen LogP contribution is -2.27. The molecular weight excluding hydrogens is 356 g/mol. The van der Waals surface area contributed by atoms with Gasteiger partial charge in [0, 0.05) is 13.0 Å². The fourth-order valence-electron chi connectivity index (χ4n) is 2.13. The van der Waals surface area contributed by atoms with Crippen LogP contribution in [0.2, 0.25) is 0 Å². The first-order chi connectivity index (χ1) is 12.5. The summed E-state index contributed by atoms with van der Waals surface area (Å²) in [7, 11) is -3.62. The van der Waals surface area contributed by atoms with Crippen molar-refractivity contribution in [3.05, 3.63) is 61.3 Å². The Morgan fingerprint density at radius 1 is 1.12 bits per heavy atom. The van der Waals surface area contributed by atoms with Crippen LogP contribution in [0.15, 0.2) is 66.2 Å². The van der Waals surface area contributed by atoms with E-state index in [2.05, 4.69) is 25.1 Å². The number of sulfonamides is 1. The van der Waals surface area contributed by atoms with Gasteiger partial charge in [0.2, 0.25) is 15.9 Å². The Hall–Kier alpha value is -3.11. The van der Waals surface area contributed by atoms with Crippen molar-refractivity contribution in [3.8, 4) is 5.82 Å². The van der Waals surface area contributed by atoms with Crippen molar-refractivity contribution in [2.75, 3.05) is 11.9 Å². The first-order valence-corrected chi connectivity index (χ1v) is 9.18. The van der Waals surface area contributed by atoms with E-state index in [0.717, 1.165) is 0 Å². The summed E-state index contributed by atoms with van der Waals surface area (Å²) < 4.78 is 28.0. The van der Waals surface area contributed by atoms with E-state index in [9.17, 15) is 13.2 Å². The van der Waals surface area contributed by atoms with E-state index in [1.54, 1.807) is 30.3 Å². The highest BCUT2D eigenvalue weighted by Crippen LogP contribution is 2.09. The van der Waals surface area contributed by atoms with Gasteiger partial charge in [0.15, 0.2) is 5.82 Å². The van der Waals surface area contributed by atoms with Crippen molar-refractivity contribution in [1.82, 2.24) is 24.5 Å². The first-order valence-electron chi connectivity index (χ1n) is 7.70. The molecule has 0 bridgehead atoms. The SMILES string of the molecule is O=C(CCNS(=O)(=O)c1ccccc1)Nc1ccc(-n2cncn2)nc1. The third-order valence-electron chi connectivity index (χ3n) is 3.38. The van der Waals surface area contributed by atoms with Crippen molar-refractivity contribution in [1.29, 1.82) is 0 Å². The van der Waals surface area contributed by atoms with Crippen molar-refractivity contribution in [3.63, 3.8) is 0 Å². The largest absolute Gasteiger partial charge is 0.325 e. The molecule has 1 aromatic carbocycles. The number of aromatic nitrogens is 4. The molecule has 2 N–H and O–H groups in total. The summed E-state index contributed by atoms with van der Waals surface area (Å²) in [4.78, 5) is 20.1. The van der Waals surface area contributed by atoms with Gasteiger partial charge in [-0.1, -0.05) is 18.2 Å². The van der Waals surface area contributed by atoms with Gasteiger partial charge in [-0.05, 0) is 24.3 Å². The van der Waals surface area contributed by atoms with Crippen LogP contribution in [0.1, 0.15) is 6.42 Å². The van der Waals surface area contributed by atoms with Crippen LogP contribution in [0, 0.1) is 0 Å². The average Bonchev–Trinajstić information content (AvgIpc) is 3.18. The van der Waals surface area contributed by atoms with Gasteiger partial charge in [-0.3, -0.25) is 4.79 Å². The highest BCUT2D eigenvalue weighted by atomic mass is 32.2. The van der Waals surface area contributed by atoms with Crippen LogP contribution in [-0.4, -0.2) is 40.6 Å². The monoisotopic (exact) mass is 372 g/mol. The third-order valence-corrected chi connectivity index (χ3v) is 4.86. The lowest BCUT2D eigenvalue weighted by atomic mass is 10.3. The molecule has 0 saturated heterocycles. The second-order valence-corrected chi connectivity index (χ2v) is 7.02. The zero-order valence-corrected chi connectivity index (χ0v) is 14.4. The molecule has 0 aliphatic rings. The standard InChI is InChI=1S/C16H16N6O3S/c23-16(8-9-20-26(24,25)14-4-2-1-3-5-14)21-13-6-7-15(18-10-13)22-12-17-11-19-22/h1-7,10-12,20H,8-9H2,(H,21,23). The van der Waals surface area contributed by atoms with Crippen LogP contribution in [0.3, 0.4) is 0 Å². The molecular formula is C16H16N6O3S. The Kier molecular flexibility index (Phi) is 5.34. The highest BCUT2D eigenvalue weighted by Gasteiger charge is 2.13. The van der Waals surface area contributed by atoms with Gasteiger partial charge < -0.3 is 5.32 Å². The zero-order valence-electron chi connectivity index (χ0n) is 13.6. The van der Waals surface area contributed by atoms with Gasteiger partial charge >= 0.3 is 0 Å². The second kappa shape index (κ2) is 7.85. The molecule has 0 unspecified atom stereocenters. The topological polar surface area (TPSA) is 119 Å². The number of anilines is 1. The smallest absolute Gasteiger partial charge is 0.240 e. The summed E-state index contributed by atoms with van der Waals surface area (Å²) in [6.45, 7) is -0.00642. The summed E-state index contributed by atoms with van der Waals surface area (Å²) in [6.07, 6.45) is 4.40. The molecule has 0 radical (unpaired) electrons. The Balaban J connectivity index is 1.50. The van der Waals surface area contributed by atoms with Crippen LogP contribution in [0.4, 0.5) is 5.69 Å². The lowest BCUT2D eigenvalue weighted by Gasteiger charge is -2.08. The van der Waals surface area contributed by atoms with Crippen LogP contribution < -0.4 is 10.0 Å². The van der Waals surface area contributed by atoms with Gasteiger partial charge in [0.1, 0.15) is 12.7 Å². The minimum atomic E-state index is -3.62. The molecule has 2 aromatic heterocycles. The Bertz CT molecular complexity index is 957. The summed E-state index contributed by atoms with van der Waals surface area (Å²) in [5, 5.41) is 6.62. The molecule has 1 amide bonds. The molecule has 26 heavy (non-hydrogen) atoms. The summed E-state index contributed by atoms with van der Waals surface area (Å²) in [5.41, 5.74) is 0.504. The van der Waals surface area contributed by atoms with Crippen molar-refractivity contribution in [2.45, 2.75) is 11.3 Å². The summed E-state index contributed by atoms with van der Waals surface area (Å²) in [6, 6.07) is 11.3. The number of pyridine rings is 1. The Morgan fingerprint density at radius 2 is 1.92 bits per heavy atom. The van der Waals surface area contributed by atoms with Crippen molar-refractivity contribution in [2.24, 2.45) is 0 Å². The fourth-order valence-corrected chi connectivity index (χ4v) is 3.18. The molecule has 0 fully saturated rings. The molecule has 10 heteroatoms. The molecule has 0 saturated carbocycles. The molecule has 2 heterocycles. The minimum absolute atomic E-state index is 0.00308. The second-order valence-electron chi connectivity index (χ2n) is 5.25. The number of nitrogens with zero attached hydrogens (tertiary/aromatic N) is 4. The number of amides is 1. The normalized spacial score (nSPS) is 11.2. The van der Waals surface area contributed by atoms with E-state index in [0.29, 0.717) is 11.5 Å². The maximum Gasteiger partial charge on any atom is 0.240 e. The number of carbonyl (C=O) groups excluding carboxylic acids is 1. The van der Waals surface area contributed by atoms with Crippen LogP contribution >= 0.6 is 0 Å². The molecule has 0 atom stereocenters. The maximum atomic E-state index is 12.1. The fraction of sp³-hybridized carbons (Fsp3) is 0.125. The van der Waals surface area contributed by atoms with Gasteiger partial charge in [-0.25, -0.2) is 27.8 Å². The predicted octanol–water partition coefficient (Wildman–Crippen LogP) is 0.969. The average molecular weight is 372 g/mol. The quantitative estimate of drug-likeness (QED) is 0.638. The maximum absolute atomic E-state index is 12.1. The summed E-state index contributed by atoms with van der Waals surface area (Å²) in [5.74, 6) is 0.243. The van der Waals surface area contributed by atoms with Gasteiger partial charge in [-0.15, -0.1) is 0 Å². The van der Waals surface area contributed by atoms with E-state index < -0.39 is 10.0 Å². The van der Waals surface area contributed by atoms with E-state index in [4.69, 9.17) is 0 Å². The number of hydrogen-bond donors (Lipinski definition) is 2. The lowest BCUT2D eigenvalue weighted by molar-refractivity contribution is -0.116. The third kappa shape index (κ3) is 4.49. The number of carbonyl (C=O) groups is 1. The van der Waals surface area contributed by atoms with Gasteiger partial charge in [0.05, 0.1) is 16.8 Å². The zero-order chi connectivity index (χ0) is 18.4. The number of hydrogen-bond acceptors (Lipinski definition) is 6. The van der Waals surface area contributed by atoms with Crippen molar-refractivity contribution >= 4 is 21.6 Å². The molecule has 9 nitrogen and oxygen atoms in total. The number of benzene rings is 1. The number of rotatable bonds is 7. The molecule has 0 spiro atoms. The van der Waals surface area contributed by atoms with E-state index in [1.165, 1.54) is 35.7 Å². The Labute approximate surface area is 150 Å². The van der Waals surface area contributed by atoms with Gasteiger partial charge in [-0.2, -0.15) is 5.10 Å². The summed E-state index contributed by atoms with van der Waals surface area (Å²) >= 11 is 0. The predicted molar refractivity (Wildman–Crippen MR) is 94.0 cm³/mol. The Morgan fingerprint density at radius 3 is 2.58 bits per heavy atom. The van der Waals surface area contributed by atoms with Crippen LogP contribution in [0.5, 0.6) is 0 Å². The molecule has 134 valence electrons. The van der Waals surface area contributed by atoms with Crippen LogP contribution in [-0.2, 0) is 14.8 Å². The highest BCUT2D eigenvalue weighted by molar-refractivity contribution is 7.89. The molecule has 3 rings (SSSR count). The van der Waals surface area contributed by atoms with Crippen LogP contribution in [0.25, 0.3) is 5.82 Å². The van der Waals surface area contributed by atoms with Crippen molar-refractivity contribution < 1.29 is 13.2 Å². The van der Waals surface area contributed by atoms with E-state index in [-0.39, 0.29) is 23.8 Å². The minimum Gasteiger partial charge on any atom is -0.325 e. The molecule has 0 aliphatic carbocycles. The van der Waals surface area contributed by atoms with E-state index in [1.807, 2.05) is 0 Å².